The maximum atomic E-state index is 13.5. The Morgan fingerprint density at radius 1 is 0.947 bits per heavy atom. The first kappa shape index (κ1) is 26.6. The van der Waals surface area contributed by atoms with Crippen LogP contribution >= 0.6 is 0 Å². The Bertz CT molecular complexity index is 1460. The number of carbonyl (C=O) groups excluding carboxylic acids is 1. The summed E-state index contributed by atoms with van der Waals surface area (Å²) < 4.78 is 1.42. The van der Waals surface area contributed by atoms with Gasteiger partial charge in [0.05, 0.1) is 18.1 Å². The summed E-state index contributed by atoms with van der Waals surface area (Å²) in [6.07, 6.45) is 1.04. The molecule has 3 aromatic carbocycles. The van der Waals surface area contributed by atoms with E-state index in [9.17, 15) is 9.59 Å². The van der Waals surface area contributed by atoms with Crippen LogP contribution in [0.25, 0.3) is 22.4 Å². The number of nitrogens with two attached hydrogens (primary N) is 3. The standard InChI is InChI=1S/C29H33N7O2/c1-18(2)35-28-29(38)36(17-26(37)33-15-19-8-10-21(11-9-19)27(31)32)25(16-34-28)23-12-22(13-24(30)14-23)20-6-4-3-5-7-20/h3-14,16,18,27H,15,17,30-32H2,1-2H3,(H,33,37)(H,34,35). The van der Waals surface area contributed by atoms with Crippen LogP contribution in [0.5, 0.6) is 0 Å². The van der Waals surface area contributed by atoms with Crippen molar-refractivity contribution in [1.29, 1.82) is 0 Å². The smallest absolute Gasteiger partial charge is 0.294 e. The third-order valence-electron chi connectivity index (χ3n) is 5.99. The molecule has 0 fully saturated rings. The topological polar surface area (TPSA) is 154 Å². The number of amides is 1. The molecule has 0 aliphatic heterocycles. The summed E-state index contributed by atoms with van der Waals surface area (Å²) in [5.41, 5.74) is 22.5. The van der Waals surface area contributed by atoms with Crippen molar-refractivity contribution < 1.29 is 4.79 Å². The molecule has 9 heteroatoms. The maximum absolute atomic E-state index is 13.5. The zero-order chi connectivity index (χ0) is 27.2. The highest BCUT2D eigenvalue weighted by Crippen LogP contribution is 2.29. The van der Waals surface area contributed by atoms with Gasteiger partial charge in [0, 0.05) is 23.8 Å². The van der Waals surface area contributed by atoms with Crippen LogP contribution in [0.15, 0.2) is 83.8 Å². The van der Waals surface area contributed by atoms with E-state index in [1.54, 1.807) is 12.3 Å². The summed E-state index contributed by atoms with van der Waals surface area (Å²) in [6.45, 7) is 3.93. The molecular formula is C29H33N7O2. The summed E-state index contributed by atoms with van der Waals surface area (Å²) >= 11 is 0. The summed E-state index contributed by atoms with van der Waals surface area (Å²) in [6, 6.07) is 22.8. The quantitative estimate of drug-likeness (QED) is 0.171. The second-order valence-corrected chi connectivity index (χ2v) is 9.44. The lowest BCUT2D eigenvalue weighted by Crippen LogP contribution is -2.35. The molecule has 0 aliphatic carbocycles. The van der Waals surface area contributed by atoms with Gasteiger partial charge in [-0.2, -0.15) is 0 Å². The lowest BCUT2D eigenvalue weighted by molar-refractivity contribution is -0.121. The Balaban J connectivity index is 1.65. The van der Waals surface area contributed by atoms with Gasteiger partial charge in [-0.1, -0.05) is 54.6 Å². The molecule has 0 atom stereocenters. The Kier molecular flexibility index (Phi) is 8.20. The number of benzene rings is 3. The molecule has 1 heterocycles. The SMILES string of the molecule is CC(C)Nc1ncc(-c2cc(N)cc(-c3ccccc3)c2)n(CC(=O)NCc2ccc(C(N)N)cc2)c1=O. The van der Waals surface area contributed by atoms with Gasteiger partial charge in [0.25, 0.3) is 5.56 Å². The molecule has 8 N–H and O–H groups in total. The second-order valence-electron chi connectivity index (χ2n) is 9.44. The van der Waals surface area contributed by atoms with E-state index in [1.165, 1.54) is 4.57 Å². The fraction of sp³-hybridized carbons (Fsp3) is 0.207. The third kappa shape index (κ3) is 6.44. The van der Waals surface area contributed by atoms with Crippen LogP contribution in [-0.2, 0) is 17.9 Å². The van der Waals surface area contributed by atoms with Gasteiger partial charge in [0.15, 0.2) is 5.82 Å². The molecule has 0 radical (unpaired) electrons. The fourth-order valence-corrected chi connectivity index (χ4v) is 4.10. The average molecular weight is 512 g/mol. The molecule has 0 bridgehead atoms. The normalized spacial score (nSPS) is 11.1. The van der Waals surface area contributed by atoms with E-state index in [1.807, 2.05) is 80.6 Å². The Morgan fingerprint density at radius 3 is 2.29 bits per heavy atom. The van der Waals surface area contributed by atoms with Gasteiger partial charge in [-0.25, -0.2) is 4.98 Å². The van der Waals surface area contributed by atoms with Crippen molar-refractivity contribution in [2.24, 2.45) is 11.5 Å². The number of hydrogen-bond donors (Lipinski definition) is 5. The first-order valence-electron chi connectivity index (χ1n) is 12.4. The van der Waals surface area contributed by atoms with Gasteiger partial charge in [-0.15, -0.1) is 0 Å². The summed E-state index contributed by atoms with van der Waals surface area (Å²) in [5, 5.41) is 5.95. The number of nitrogens with zero attached hydrogens (tertiary/aromatic N) is 2. The van der Waals surface area contributed by atoms with Gasteiger partial charge < -0.3 is 27.8 Å². The minimum atomic E-state index is -0.557. The van der Waals surface area contributed by atoms with Crippen molar-refractivity contribution in [2.75, 3.05) is 11.1 Å². The second kappa shape index (κ2) is 11.7. The summed E-state index contributed by atoms with van der Waals surface area (Å²) in [5.74, 6) is -0.140. The minimum absolute atomic E-state index is 0.00927. The van der Waals surface area contributed by atoms with Gasteiger partial charge >= 0.3 is 0 Å². The number of rotatable bonds is 9. The molecule has 196 valence electrons. The van der Waals surface area contributed by atoms with Gasteiger partial charge in [-0.05, 0) is 54.3 Å². The number of anilines is 2. The van der Waals surface area contributed by atoms with Crippen LogP contribution in [0.3, 0.4) is 0 Å². The van der Waals surface area contributed by atoms with Crippen LogP contribution < -0.4 is 33.4 Å². The monoisotopic (exact) mass is 511 g/mol. The molecule has 0 aliphatic rings. The third-order valence-corrected chi connectivity index (χ3v) is 5.99. The molecule has 4 aromatic rings. The predicted molar refractivity (Wildman–Crippen MR) is 152 cm³/mol. The molecule has 9 nitrogen and oxygen atoms in total. The van der Waals surface area contributed by atoms with E-state index < -0.39 is 11.7 Å². The Labute approximate surface area is 221 Å². The summed E-state index contributed by atoms with van der Waals surface area (Å²) in [4.78, 5) is 30.8. The first-order chi connectivity index (χ1) is 18.2. The molecule has 1 amide bonds. The van der Waals surface area contributed by atoms with Crippen molar-refractivity contribution in [3.8, 4) is 22.4 Å². The molecule has 38 heavy (non-hydrogen) atoms. The van der Waals surface area contributed by atoms with Crippen molar-refractivity contribution in [2.45, 2.75) is 39.1 Å². The van der Waals surface area contributed by atoms with E-state index in [2.05, 4.69) is 15.6 Å². The largest absolute Gasteiger partial charge is 0.399 e. The highest BCUT2D eigenvalue weighted by molar-refractivity contribution is 5.79. The first-order valence-corrected chi connectivity index (χ1v) is 12.4. The lowest BCUT2D eigenvalue weighted by Gasteiger charge is -2.17. The number of nitrogens with one attached hydrogen (secondary N) is 2. The van der Waals surface area contributed by atoms with Gasteiger partial charge in [0.2, 0.25) is 5.91 Å². The molecule has 0 unspecified atom stereocenters. The van der Waals surface area contributed by atoms with Crippen LogP contribution in [0, 0.1) is 0 Å². The van der Waals surface area contributed by atoms with Crippen molar-refractivity contribution in [3.63, 3.8) is 0 Å². The van der Waals surface area contributed by atoms with Crippen LogP contribution in [0.2, 0.25) is 0 Å². The zero-order valence-electron chi connectivity index (χ0n) is 21.5. The van der Waals surface area contributed by atoms with Crippen LogP contribution in [0.4, 0.5) is 11.5 Å². The predicted octanol–water partition coefficient (Wildman–Crippen LogP) is 3.21. The highest BCUT2D eigenvalue weighted by atomic mass is 16.2. The number of aromatic nitrogens is 2. The van der Waals surface area contributed by atoms with Crippen LogP contribution in [-0.4, -0.2) is 21.5 Å². The fourth-order valence-electron chi connectivity index (χ4n) is 4.10. The molecule has 0 spiro atoms. The van der Waals surface area contributed by atoms with Crippen molar-refractivity contribution in [3.05, 3.63) is 100 Å². The van der Waals surface area contributed by atoms with E-state index in [0.29, 0.717) is 23.5 Å². The van der Waals surface area contributed by atoms with E-state index >= 15 is 0 Å². The van der Waals surface area contributed by atoms with Gasteiger partial charge in [0.1, 0.15) is 6.54 Å². The maximum Gasteiger partial charge on any atom is 0.294 e. The zero-order valence-corrected chi connectivity index (χ0v) is 21.5. The van der Waals surface area contributed by atoms with E-state index in [4.69, 9.17) is 17.2 Å². The van der Waals surface area contributed by atoms with Crippen molar-refractivity contribution in [1.82, 2.24) is 14.9 Å². The number of hydrogen-bond acceptors (Lipinski definition) is 7. The molecule has 0 saturated carbocycles. The van der Waals surface area contributed by atoms with Crippen molar-refractivity contribution >= 4 is 17.4 Å². The van der Waals surface area contributed by atoms with E-state index in [-0.39, 0.29) is 24.3 Å². The van der Waals surface area contributed by atoms with Gasteiger partial charge in [-0.3, -0.25) is 14.2 Å². The minimum Gasteiger partial charge on any atom is -0.399 e. The molecular weight excluding hydrogens is 478 g/mol. The summed E-state index contributed by atoms with van der Waals surface area (Å²) in [7, 11) is 0. The Morgan fingerprint density at radius 2 is 1.63 bits per heavy atom. The number of nitrogen functional groups attached to an aromatic ring is 1. The van der Waals surface area contributed by atoms with E-state index in [0.717, 1.165) is 22.3 Å². The molecule has 1 aromatic heterocycles. The molecule has 4 rings (SSSR count). The Hall–Kier alpha value is -4.47. The van der Waals surface area contributed by atoms with Crippen LogP contribution in [0.1, 0.15) is 31.1 Å². The lowest BCUT2D eigenvalue weighted by atomic mass is 10.0. The number of carbonyl (C=O) groups is 1. The molecule has 0 saturated heterocycles. The average Bonchev–Trinajstić information content (AvgIpc) is 2.90. The highest BCUT2D eigenvalue weighted by Gasteiger charge is 2.17.